The van der Waals surface area contributed by atoms with E-state index >= 15 is 0 Å². The number of carbonyl (C=O) groups excluding carboxylic acids is 1. The molecule has 102 valence electrons. The molecule has 0 unspecified atom stereocenters. The lowest BCUT2D eigenvalue weighted by molar-refractivity contribution is -0.127. The fourth-order valence-corrected chi connectivity index (χ4v) is 2.90. The molecule has 1 aromatic heterocycles. The third-order valence-electron chi connectivity index (χ3n) is 3.79. The van der Waals surface area contributed by atoms with E-state index in [1.807, 2.05) is 18.3 Å². The lowest BCUT2D eigenvalue weighted by Gasteiger charge is -2.26. The second-order valence-electron chi connectivity index (χ2n) is 5.02. The lowest BCUT2D eigenvalue weighted by Crippen LogP contribution is -2.47. The molecule has 19 heavy (non-hydrogen) atoms. The first kappa shape index (κ1) is 13.9. The first-order valence-electron chi connectivity index (χ1n) is 6.62. The summed E-state index contributed by atoms with van der Waals surface area (Å²) in [6.45, 7) is 0.592. The monoisotopic (exact) mass is 277 g/mol. The van der Waals surface area contributed by atoms with Gasteiger partial charge in [0.25, 0.3) is 0 Å². The van der Waals surface area contributed by atoms with Crippen LogP contribution in [0.2, 0.25) is 0 Å². The van der Waals surface area contributed by atoms with Gasteiger partial charge in [0.15, 0.2) is 0 Å². The van der Waals surface area contributed by atoms with Crippen molar-refractivity contribution in [2.45, 2.75) is 32.1 Å². The second kappa shape index (κ2) is 6.10. The number of amides is 1. The van der Waals surface area contributed by atoms with Crippen LogP contribution in [0.3, 0.4) is 0 Å². The van der Waals surface area contributed by atoms with Crippen molar-refractivity contribution in [3.8, 4) is 0 Å². The van der Waals surface area contributed by atoms with Crippen LogP contribution in [0.1, 0.15) is 31.2 Å². The van der Waals surface area contributed by atoms with Crippen LogP contribution in [0.4, 0.5) is 0 Å². The molecule has 1 amide bonds. The van der Waals surface area contributed by atoms with Gasteiger partial charge in [-0.2, -0.15) is 0 Å². The normalized spacial score (nSPS) is 17.1. The Morgan fingerprint density at radius 2 is 2.21 bits per heavy atom. The molecule has 1 aliphatic carbocycles. The van der Waals surface area contributed by atoms with Gasteiger partial charge in [-0.25, -0.2) is 0 Å². The van der Waals surface area contributed by atoms with E-state index in [4.69, 9.17) is 18.0 Å². The molecule has 0 atom stereocenters. The Kier molecular flexibility index (Phi) is 4.47. The molecular formula is C14H19N3OS. The van der Waals surface area contributed by atoms with Crippen molar-refractivity contribution in [1.29, 1.82) is 0 Å². The van der Waals surface area contributed by atoms with Crippen LogP contribution < -0.4 is 11.1 Å². The van der Waals surface area contributed by atoms with E-state index in [0.717, 1.165) is 37.7 Å². The highest BCUT2D eigenvalue weighted by Gasteiger charge is 2.43. The molecule has 0 bridgehead atoms. The van der Waals surface area contributed by atoms with Crippen LogP contribution in [0.15, 0.2) is 24.5 Å². The number of hydrogen-bond acceptors (Lipinski definition) is 3. The fourth-order valence-electron chi connectivity index (χ4n) is 2.60. The predicted molar refractivity (Wildman–Crippen MR) is 78.6 cm³/mol. The average molecular weight is 277 g/mol. The maximum atomic E-state index is 12.3. The molecule has 0 aliphatic heterocycles. The molecule has 1 aliphatic rings. The molecule has 0 radical (unpaired) electrons. The lowest BCUT2D eigenvalue weighted by atomic mass is 9.85. The Balaban J connectivity index is 1.88. The Morgan fingerprint density at radius 1 is 1.47 bits per heavy atom. The van der Waals surface area contributed by atoms with Gasteiger partial charge < -0.3 is 11.1 Å². The van der Waals surface area contributed by atoms with Crippen LogP contribution >= 0.6 is 12.2 Å². The molecule has 4 nitrogen and oxygen atoms in total. The number of rotatable bonds is 5. The number of hydrogen-bond donors (Lipinski definition) is 2. The van der Waals surface area contributed by atoms with E-state index in [1.165, 1.54) is 0 Å². The zero-order chi connectivity index (χ0) is 13.7. The van der Waals surface area contributed by atoms with Crippen molar-refractivity contribution in [1.82, 2.24) is 10.3 Å². The smallest absolute Gasteiger partial charge is 0.233 e. The number of pyridine rings is 1. The summed E-state index contributed by atoms with van der Waals surface area (Å²) in [5, 5.41) is 2.96. The number of nitrogens with one attached hydrogen (secondary N) is 1. The van der Waals surface area contributed by atoms with Crippen LogP contribution in [-0.4, -0.2) is 22.4 Å². The highest BCUT2D eigenvalue weighted by Crippen LogP contribution is 2.38. The van der Waals surface area contributed by atoms with Gasteiger partial charge >= 0.3 is 0 Å². The van der Waals surface area contributed by atoms with Gasteiger partial charge in [-0.15, -0.1) is 0 Å². The summed E-state index contributed by atoms with van der Waals surface area (Å²) in [5.41, 5.74) is 6.28. The number of nitrogens with zero attached hydrogens (tertiary/aromatic N) is 1. The molecule has 3 N–H and O–H groups in total. The van der Waals surface area contributed by atoms with Gasteiger partial charge in [-0.05, 0) is 30.9 Å². The maximum Gasteiger partial charge on any atom is 0.233 e. The highest BCUT2D eigenvalue weighted by atomic mass is 32.1. The van der Waals surface area contributed by atoms with E-state index in [1.54, 1.807) is 6.20 Å². The quantitative estimate of drug-likeness (QED) is 0.802. The van der Waals surface area contributed by atoms with E-state index in [9.17, 15) is 4.79 Å². The fraction of sp³-hybridized carbons (Fsp3) is 0.500. The van der Waals surface area contributed by atoms with Crippen LogP contribution in [0.25, 0.3) is 0 Å². The van der Waals surface area contributed by atoms with Crippen LogP contribution in [0.5, 0.6) is 0 Å². The van der Waals surface area contributed by atoms with Crippen molar-refractivity contribution in [2.75, 3.05) is 6.54 Å². The van der Waals surface area contributed by atoms with Crippen molar-refractivity contribution in [3.05, 3.63) is 30.1 Å². The third-order valence-corrected chi connectivity index (χ3v) is 4.18. The summed E-state index contributed by atoms with van der Waals surface area (Å²) in [6, 6.07) is 3.89. The van der Waals surface area contributed by atoms with Gasteiger partial charge in [-0.3, -0.25) is 9.78 Å². The topological polar surface area (TPSA) is 68.0 Å². The second-order valence-corrected chi connectivity index (χ2v) is 5.46. The molecule has 5 heteroatoms. The van der Waals surface area contributed by atoms with Crippen molar-refractivity contribution < 1.29 is 4.79 Å². The Hall–Kier alpha value is -1.49. The molecule has 2 rings (SSSR count). The van der Waals surface area contributed by atoms with Crippen LogP contribution in [-0.2, 0) is 11.2 Å². The molecule has 0 saturated heterocycles. The average Bonchev–Trinajstić information content (AvgIpc) is 2.90. The molecular weight excluding hydrogens is 258 g/mol. The van der Waals surface area contributed by atoms with Gasteiger partial charge in [0.2, 0.25) is 5.91 Å². The largest absolute Gasteiger partial charge is 0.392 e. The SMILES string of the molecule is NC(=S)C1(C(=O)NCCc2cccnc2)CCCC1. The molecule has 0 aromatic carbocycles. The molecule has 1 heterocycles. The maximum absolute atomic E-state index is 12.3. The first-order valence-corrected chi connectivity index (χ1v) is 7.03. The Bertz CT molecular complexity index is 455. The predicted octanol–water partition coefficient (Wildman–Crippen LogP) is 1.59. The number of carbonyl (C=O) groups is 1. The van der Waals surface area contributed by atoms with Gasteiger partial charge in [0.1, 0.15) is 0 Å². The van der Waals surface area contributed by atoms with E-state index < -0.39 is 5.41 Å². The minimum atomic E-state index is -0.607. The molecule has 1 saturated carbocycles. The summed E-state index contributed by atoms with van der Waals surface area (Å²) in [7, 11) is 0. The summed E-state index contributed by atoms with van der Waals surface area (Å²) < 4.78 is 0. The summed E-state index contributed by atoms with van der Waals surface area (Å²) in [6.07, 6.45) is 7.92. The minimum Gasteiger partial charge on any atom is -0.392 e. The summed E-state index contributed by atoms with van der Waals surface area (Å²) in [4.78, 5) is 16.7. The van der Waals surface area contributed by atoms with E-state index in [-0.39, 0.29) is 5.91 Å². The van der Waals surface area contributed by atoms with Crippen LogP contribution in [0, 0.1) is 5.41 Å². The van der Waals surface area contributed by atoms with Crippen molar-refractivity contribution in [2.24, 2.45) is 11.1 Å². The third kappa shape index (κ3) is 3.10. The molecule has 1 aromatic rings. The van der Waals surface area contributed by atoms with Gasteiger partial charge in [0, 0.05) is 18.9 Å². The zero-order valence-electron chi connectivity index (χ0n) is 10.9. The number of thiocarbonyl (C=S) groups is 1. The number of aromatic nitrogens is 1. The zero-order valence-corrected chi connectivity index (χ0v) is 11.7. The van der Waals surface area contributed by atoms with E-state index in [0.29, 0.717) is 11.5 Å². The summed E-state index contributed by atoms with van der Waals surface area (Å²) >= 11 is 5.09. The standard InChI is InChI=1S/C14H19N3OS/c15-12(19)14(6-1-2-7-14)13(18)17-9-5-11-4-3-8-16-10-11/h3-4,8,10H,1-2,5-7,9H2,(H2,15,19)(H,17,18). The number of nitrogens with two attached hydrogens (primary N) is 1. The van der Waals surface area contributed by atoms with Gasteiger partial charge in [0.05, 0.1) is 10.4 Å². The van der Waals surface area contributed by atoms with Crippen molar-refractivity contribution >= 4 is 23.1 Å². The summed E-state index contributed by atoms with van der Waals surface area (Å²) in [5.74, 6) is -0.0126. The highest BCUT2D eigenvalue weighted by molar-refractivity contribution is 7.80. The van der Waals surface area contributed by atoms with Crippen molar-refractivity contribution in [3.63, 3.8) is 0 Å². The Labute approximate surface area is 118 Å². The van der Waals surface area contributed by atoms with Gasteiger partial charge in [-0.1, -0.05) is 31.1 Å². The minimum absolute atomic E-state index is 0.0126. The molecule has 0 spiro atoms. The Morgan fingerprint density at radius 3 is 2.79 bits per heavy atom. The first-order chi connectivity index (χ1) is 9.15. The van der Waals surface area contributed by atoms with E-state index in [2.05, 4.69) is 10.3 Å². The molecule has 1 fully saturated rings.